The molecule has 0 amide bonds. The molecule has 1 N–H and O–H groups in total. The number of aromatic amines is 1. The van der Waals surface area contributed by atoms with Crippen molar-refractivity contribution in [2.75, 3.05) is 7.11 Å². The Labute approximate surface area is 96.7 Å². The van der Waals surface area contributed by atoms with Crippen molar-refractivity contribution < 1.29 is 14.3 Å². The molecule has 88 valence electrons. The highest BCUT2D eigenvalue weighted by atomic mass is 16.5. The molecule has 0 spiro atoms. The van der Waals surface area contributed by atoms with E-state index in [2.05, 4.69) is 25.4 Å². The average Bonchev–Trinajstić information content (AvgIpc) is 2.89. The molecule has 2 rings (SSSR count). The third-order valence-corrected chi connectivity index (χ3v) is 2.01. The largest absolute Gasteiger partial charge is 0.485 e. The van der Waals surface area contributed by atoms with Crippen LogP contribution < -0.4 is 4.74 Å². The number of tetrazole rings is 1. The first kappa shape index (κ1) is 11.1. The summed E-state index contributed by atoms with van der Waals surface area (Å²) in [5.74, 6) is 0.571. The predicted molar refractivity (Wildman–Crippen MR) is 56.3 cm³/mol. The second-order valence-electron chi connectivity index (χ2n) is 3.14. The number of nitrogens with one attached hydrogen (secondary N) is 1. The quantitative estimate of drug-likeness (QED) is 0.777. The fourth-order valence-electron chi connectivity index (χ4n) is 1.22. The van der Waals surface area contributed by atoms with E-state index < -0.39 is 5.97 Å². The number of methoxy groups -OCH3 is 1. The lowest BCUT2D eigenvalue weighted by Crippen LogP contribution is -2.02. The molecule has 0 atom stereocenters. The highest BCUT2D eigenvalue weighted by molar-refractivity contribution is 5.89. The molecule has 0 saturated heterocycles. The summed E-state index contributed by atoms with van der Waals surface area (Å²) in [6.07, 6.45) is 0. The minimum absolute atomic E-state index is 0.182. The molecule has 7 heteroatoms. The summed E-state index contributed by atoms with van der Waals surface area (Å²) in [7, 11) is 1.33. The normalized spacial score (nSPS) is 9.94. The van der Waals surface area contributed by atoms with Crippen molar-refractivity contribution in [2.45, 2.75) is 6.61 Å². The van der Waals surface area contributed by atoms with Gasteiger partial charge in [0.2, 0.25) is 5.82 Å². The molecule has 7 nitrogen and oxygen atoms in total. The monoisotopic (exact) mass is 234 g/mol. The van der Waals surface area contributed by atoms with Crippen LogP contribution in [0, 0.1) is 0 Å². The van der Waals surface area contributed by atoms with Crippen molar-refractivity contribution >= 4 is 5.97 Å². The van der Waals surface area contributed by atoms with Crippen molar-refractivity contribution in [3.8, 4) is 5.75 Å². The summed E-state index contributed by atoms with van der Waals surface area (Å²) >= 11 is 0. The number of hydrogen-bond acceptors (Lipinski definition) is 6. The number of H-pyrrole nitrogens is 1. The lowest BCUT2D eigenvalue weighted by molar-refractivity contribution is 0.0600. The first-order valence-electron chi connectivity index (χ1n) is 4.83. The zero-order valence-electron chi connectivity index (χ0n) is 9.08. The molecule has 1 aromatic carbocycles. The van der Waals surface area contributed by atoms with Crippen LogP contribution >= 0.6 is 0 Å². The van der Waals surface area contributed by atoms with Gasteiger partial charge in [0.1, 0.15) is 5.75 Å². The van der Waals surface area contributed by atoms with E-state index in [0.29, 0.717) is 17.1 Å². The molecule has 1 heterocycles. The number of carbonyl (C=O) groups excluding carboxylic acids is 1. The molecule has 0 unspecified atom stereocenters. The lowest BCUT2D eigenvalue weighted by Gasteiger charge is -2.04. The van der Waals surface area contributed by atoms with Crippen LogP contribution in [0.1, 0.15) is 16.2 Å². The number of carbonyl (C=O) groups is 1. The SMILES string of the molecule is COC(=O)c1cccc(OCc2nn[nH]n2)c1. The van der Waals surface area contributed by atoms with Crippen molar-refractivity contribution in [1.29, 1.82) is 0 Å². The minimum Gasteiger partial charge on any atom is -0.485 e. The van der Waals surface area contributed by atoms with Crippen LogP contribution in [0.25, 0.3) is 0 Å². The molecule has 1 aromatic heterocycles. The summed E-state index contributed by atoms with van der Waals surface area (Å²) in [4.78, 5) is 11.3. The summed E-state index contributed by atoms with van der Waals surface area (Å²) in [5.41, 5.74) is 0.429. The fourth-order valence-corrected chi connectivity index (χ4v) is 1.22. The van der Waals surface area contributed by atoms with Crippen LogP contribution in [0.3, 0.4) is 0 Å². The van der Waals surface area contributed by atoms with E-state index in [1.165, 1.54) is 7.11 Å². The van der Waals surface area contributed by atoms with Gasteiger partial charge in [-0.1, -0.05) is 11.3 Å². The van der Waals surface area contributed by atoms with E-state index in [4.69, 9.17) is 4.74 Å². The molecule has 0 bridgehead atoms. The Morgan fingerprint density at radius 1 is 1.47 bits per heavy atom. The Morgan fingerprint density at radius 3 is 3.06 bits per heavy atom. The highest BCUT2D eigenvalue weighted by Crippen LogP contribution is 2.14. The van der Waals surface area contributed by atoms with Gasteiger partial charge < -0.3 is 9.47 Å². The smallest absolute Gasteiger partial charge is 0.337 e. The topological polar surface area (TPSA) is 90.0 Å². The fraction of sp³-hybridized carbons (Fsp3) is 0.200. The molecular formula is C10H10N4O3. The van der Waals surface area contributed by atoms with Gasteiger partial charge in [-0.15, -0.1) is 10.2 Å². The van der Waals surface area contributed by atoms with E-state index in [0.717, 1.165) is 0 Å². The van der Waals surface area contributed by atoms with E-state index in [9.17, 15) is 4.79 Å². The van der Waals surface area contributed by atoms with E-state index in [-0.39, 0.29) is 6.61 Å². The molecule has 17 heavy (non-hydrogen) atoms. The predicted octanol–water partition coefficient (Wildman–Crippen LogP) is 0.565. The number of nitrogens with zero attached hydrogens (tertiary/aromatic N) is 3. The number of aromatic nitrogens is 4. The van der Waals surface area contributed by atoms with Gasteiger partial charge in [-0.3, -0.25) is 0 Å². The Hall–Kier alpha value is -2.44. The Balaban J connectivity index is 2.03. The van der Waals surface area contributed by atoms with Gasteiger partial charge in [0.15, 0.2) is 6.61 Å². The molecule has 0 aliphatic heterocycles. The lowest BCUT2D eigenvalue weighted by atomic mass is 10.2. The summed E-state index contributed by atoms with van der Waals surface area (Å²) in [5, 5.41) is 13.2. The minimum atomic E-state index is -0.407. The van der Waals surface area contributed by atoms with Gasteiger partial charge in [0.25, 0.3) is 0 Å². The van der Waals surface area contributed by atoms with Crippen molar-refractivity contribution in [2.24, 2.45) is 0 Å². The third kappa shape index (κ3) is 2.77. The highest BCUT2D eigenvalue weighted by Gasteiger charge is 2.06. The van der Waals surface area contributed by atoms with Gasteiger partial charge in [-0.05, 0) is 18.2 Å². The standard InChI is InChI=1S/C10H10N4O3/c1-16-10(15)7-3-2-4-8(5-7)17-6-9-11-13-14-12-9/h2-5H,6H2,1H3,(H,11,12,13,14). The van der Waals surface area contributed by atoms with Gasteiger partial charge in [-0.25, -0.2) is 4.79 Å². The number of rotatable bonds is 4. The number of benzene rings is 1. The second kappa shape index (κ2) is 5.06. The van der Waals surface area contributed by atoms with E-state index in [1.807, 2.05) is 0 Å². The molecule has 0 saturated carbocycles. The van der Waals surface area contributed by atoms with Crippen molar-refractivity contribution in [3.63, 3.8) is 0 Å². The van der Waals surface area contributed by atoms with Crippen LogP contribution in [-0.2, 0) is 11.3 Å². The van der Waals surface area contributed by atoms with Crippen LogP contribution in [-0.4, -0.2) is 33.7 Å². The molecule has 0 fully saturated rings. The van der Waals surface area contributed by atoms with Crippen molar-refractivity contribution in [3.05, 3.63) is 35.7 Å². The zero-order valence-corrected chi connectivity index (χ0v) is 9.08. The Kier molecular flexibility index (Phi) is 3.29. The van der Waals surface area contributed by atoms with Gasteiger partial charge in [0.05, 0.1) is 12.7 Å². The number of ether oxygens (including phenoxy) is 2. The van der Waals surface area contributed by atoms with Crippen LogP contribution in [0.4, 0.5) is 0 Å². The first-order chi connectivity index (χ1) is 8.29. The van der Waals surface area contributed by atoms with Crippen LogP contribution in [0.2, 0.25) is 0 Å². The van der Waals surface area contributed by atoms with Crippen LogP contribution in [0.5, 0.6) is 5.75 Å². The summed E-state index contributed by atoms with van der Waals surface area (Å²) < 4.78 is 10.0. The molecule has 0 radical (unpaired) electrons. The second-order valence-corrected chi connectivity index (χ2v) is 3.14. The maximum atomic E-state index is 11.3. The zero-order chi connectivity index (χ0) is 12.1. The summed E-state index contributed by atoms with van der Waals surface area (Å²) in [6.45, 7) is 0.182. The van der Waals surface area contributed by atoms with Gasteiger partial charge in [-0.2, -0.15) is 5.21 Å². The summed E-state index contributed by atoms with van der Waals surface area (Å²) in [6, 6.07) is 6.67. The molecule has 0 aliphatic carbocycles. The molecule has 2 aromatic rings. The maximum absolute atomic E-state index is 11.3. The first-order valence-corrected chi connectivity index (χ1v) is 4.83. The molecular weight excluding hydrogens is 224 g/mol. The maximum Gasteiger partial charge on any atom is 0.337 e. The Bertz CT molecular complexity index is 498. The Morgan fingerprint density at radius 2 is 2.35 bits per heavy atom. The third-order valence-electron chi connectivity index (χ3n) is 2.01. The number of esters is 1. The average molecular weight is 234 g/mol. The number of hydrogen-bond donors (Lipinski definition) is 1. The van der Waals surface area contributed by atoms with Crippen LogP contribution in [0.15, 0.2) is 24.3 Å². The van der Waals surface area contributed by atoms with E-state index in [1.54, 1.807) is 24.3 Å². The van der Waals surface area contributed by atoms with Gasteiger partial charge >= 0.3 is 5.97 Å². The molecule has 0 aliphatic rings. The van der Waals surface area contributed by atoms with E-state index >= 15 is 0 Å². The van der Waals surface area contributed by atoms with Gasteiger partial charge in [0, 0.05) is 0 Å². The van der Waals surface area contributed by atoms with Crippen molar-refractivity contribution in [1.82, 2.24) is 20.6 Å².